The molecule has 36 heavy (non-hydrogen) atoms. The Morgan fingerprint density at radius 2 is 1.14 bits per heavy atom. The van der Waals surface area contributed by atoms with E-state index in [0.717, 1.165) is 59.1 Å². The van der Waals surface area contributed by atoms with Crippen molar-refractivity contribution in [1.82, 2.24) is 19.9 Å². The molecule has 0 atom stereocenters. The molecule has 0 N–H and O–H groups in total. The molecule has 0 fully saturated rings. The Morgan fingerprint density at radius 3 is 1.89 bits per heavy atom. The zero-order valence-electron chi connectivity index (χ0n) is 18.9. The Bertz CT molecular complexity index is 1680. The summed E-state index contributed by atoms with van der Waals surface area (Å²) < 4.78 is 1.96. The van der Waals surface area contributed by atoms with E-state index in [1.807, 2.05) is 42.5 Å². The van der Waals surface area contributed by atoms with E-state index in [9.17, 15) is 0 Å². The number of halogens is 2. The van der Waals surface area contributed by atoms with Gasteiger partial charge in [-0.2, -0.15) is 0 Å². The summed E-state index contributed by atoms with van der Waals surface area (Å²) in [4.78, 5) is 18.5. The van der Waals surface area contributed by atoms with Crippen molar-refractivity contribution in [2.45, 2.75) is 0 Å². The maximum Gasteiger partial charge on any atom is 0.160 e. The molecule has 6 heteroatoms. The van der Waals surface area contributed by atoms with Crippen molar-refractivity contribution in [3.8, 4) is 45.0 Å². The van der Waals surface area contributed by atoms with Gasteiger partial charge in [-0.05, 0) is 71.8 Å². The first kappa shape index (κ1) is 22.7. The van der Waals surface area contributed by atoms with Crippen LogP contribution in [-0.2, 0) is 0 Å². The van der Waals surface area contributed by atoms with Gasteiger partial charge >= 0.3 is 0 Å². The number of hydrogen-bond donors (Lipinski definition) is 0. The van der Waals surface area contributed by atoms with Crippen molar-refractivity contribution in [2.24, 2.45) is 0 Å². The number of benzene rings is 3. The van der Waals surface area contributed by atoms with Crippen LogP contribution in [0.25, 0.3) is 55.9 Å². The molecule has 0 saturated heterocycles. The molecule has 4 nitrogen and oxygen atoms in total. The maximum absolute atomic E-state index is 4.99. The van der Waals surface area contributed by atoms with E-state index < -0.39 is 0 Å². The first-order valence-corrected chi connectivity index (χ1v) is 12.9. The van der Waals surface area contributed by atoms with Crippen molar-refractivity contribution in [3.05, 3.63) is 119 Å². The number of nitrogens with zero attached hydrogens (tertiary/aromatic N) is 4. The third-order valence-electron chi connectivity index (χ3n) is 5.94. The molecule has 172 valence electrons. The largest absolute Gasteiger partial charge is 0.265 e. The maximum atomic E-state index is 4.99. The molecule has 3 aromatic carbocycles. The Morgan fingerprint density at radius 1 is 0.500 bits per heavy atom. The molecule has 0 aliphatic carbocycles. The minimum atomic E-state index is 0.669. The summed E-state index contributed by atoms with van der Waals surface area (Å²) in [7, 11) is 0. The third kappa shape index (κ3) is 4.70. The summed E-state index contributed by atoms with van der Waals surface area (Å²) in [6.45, 7) is 0. The van der Waals surface area contributed by atoms with Crippen LogP contribution in [-0.4, -0.2) is 19.9 Å². The summed E-state index contributed by atoms with van der Waals surface area (Å²) in [6, 6.07) is 30.8. The monoisotopic (exact) mass is 592 g/mol. The highest BCUT2D eigenvalue weighted by molar-refractivity contribution is 9.11. The molecule has 6 aromatic rings. The zero-order valence-corrected chi connectivity index (χ0v) is 22.1. The first-order chi connectivity index (χ1) is 17.6. The van der Waals surface area contributed by atoms with Gasteiger partial charge in [-0.25, -0.2) is 9.97 Å². The molecule has 6 rings (SSSR count). The lowest BCUT2D eigenvalue weighted by molar-refractivity contribution is 1.18. The van der Waals surface area contributed by atoms with E-state index in [0.29, 0.717) is 5.82 Å². The molecule has 0 aliphatic rings. The van der Waals surface area contributed by atoms with Crippen LogP contribution in [0.3, 0.4) is 0 Å². The van der Waals surface area contributed by atoms with Gasteiger partial charge in [-0.3, -0.25) is 9.97 Å². The van der Waals surface area contributed by atoms with Gasteiger partial charge in [0.25, 0.3) is 0 Å². The number of hydrogen-bond acceptors (Lipinski definition) is 4. The topological polar surface area (TPSA) is 51.6 Å². The Labute approximate surface area is 225 Å². The Kier molecular flexibility index (Phi) is 6.13. The summed E-state index contributed by atoms with van der Waals surface area (Å²) in [5.41, 5.74) is 7.88. The van der Waals surface area contributed by atoms with E-state index in [2.05, 4.69) is 90.4 Å². The third-order valence-corrected chi connectivity index (χ3v) is 6.86. The van der Waals surface area contributed by atoms with Gasteiger partial charge in [0.05, 0.1) is 16.9 Å². The van der Waals surface area contributed by atoms with E-state index in [4.69, 9.17) is 9.97 Å². The van der Waals surface area contributed by atoms with Crippen LogP contribution in [0, 0.1) is 0 Å². The van der Waals surface area contributed by atoms with Crippen LogP contribution < -0.4 is 0 Å². The number of pyridine rings is 2. The van der Waals surface area contributed by atoms with Gasteiger partial charge in [-0.1, -0.05) is 62.2 Å². The fourth-order valence-corrected chi connectivity index (χ4v) is 5.46. The lowest BCUT2D eigenvalue weighted by Gasteiger charge is -2.11. The molecule has 0 aliphatic heterocycles. The van der Waals surface area contributed by atoms with Crippen molar-refractivity contribution < 1.29 is 0 Å². The molecular weight excluding hydrogens is 576 g/mol. The van der Waals surface area contributed by atoms with Crippen molar-refractivity contribution in [1.29, 1.82) is 0 Å². The summed E-state index contributed by atoms with van der Waals surface area (Å²) in [5.74, 6) is 0.669. The molecule has 0 radical (unpaired) electrons. The first-order valence-electron chi connectivity index (χ1n) is 11.3. The highest BCUT2D eigenvalue weighted by Crippen LogP contribution is 2.32. The zero-order chi connectivity index (χ0) is 24.5. The van der Waals surface area contributed by atoms with Crippen molar-refractivity contribution in [2.75, 3.05) is 0 Å². The standard InChI is InChI=1S/C30H18Br2N4/c31-25-15-24(16-26(32)17-25)29-18-28(21-5-3-19(4-6-21)20-9-12-33-13-10-20)35-30(36-29)23-7-8-27-22(14-23)2-1-11-34-27/h1-18H. The van der Waals surface area contributed by atoms with Crippen LogP contribution in [0.4, 0.5) is 0 Å². The average molecular weight is 594 g/mol. The van der Waals surface area contributed by atoms with E-state index in [1.54, 1.807) is 18.6 Å². The van der Waals surface area contributed by atoms with Gasteiger partial charge in [0.15, 0.2) is 5.82 Å². The summed E-state index contributed by atoms with van der Waals surface area (Å²) in [5, 5.41) is 1.05. The second kappa shape index (κ2) is 9.72. The minimum absolute atomic E-state index is 0.669. The number of rotatable bonds is 4. The normalized spacial score (nSPS) is 11.1. The second-order valence-corrected chi connectivity index (χ2v) is 10.2. The van der Waals surface area contributed by atoms with Crippen LogP contribution >= 0.6 is 31.9 Å². The van der Waals surface area contributed by atoms with Crippen LogP contribution in [0.5, 0.6) is 0 Å². The molecule has 0 amide bonds. The highest BCUT2D eigenvalue weighted by atomic mass is 79.9. The number of fused-ring (bicyclic) bond motifs is 1. The van der Waals surface area contributed by atoms with Crippen molar-refractivity contribution >= 4 is 42.8 Å². The highest BCUT2D eigenvalue weighted by Gasteiger charge is 2.12. The van der Waals surface area contributed by atoms with Gasteiger partial charge in [-0.15, -0.1) is 0 Å². The molecule has 3 heterocycles. The van der Waals surface area contributed by atoms with Gasteiger partial charge in [0, 0.05) is 49.6 Å². The average Bonchev–Trinajstić information content (AvgIpc) is 2.92. The van der Waals surface area contributed by atoms with E-state index >= 15 is 0 Å². The quantitative estimate of drug-likeness (QED) is 0.205. The Balaban J connectivity index is 1.50. The van der Waals surface area contributed by atoms with E-state index in [-0.39, 0.29) is 0 Å². The summed E-state index contributed by atoms with van der Waals surface area (Å²) in [6.07, 6.45) is 5.42. The molecule has 0 spiro atoms. The van der Waals surface area contributed by atoms with Crippen LogP contribution in [0.1, 0.15) is 0 Å². The van der Waals surface area contributed by atoms with Crippen molar-refractivity contribution in [3.63, 3.8) is 0 Å². The fraction of sp³-hybridized carbons (Fsp3) is 0. The summed E-state index contributed by atoms with van der Waals surface area (Å²) >= 11 is 7.22. The minimum Gasteiger partial charge on any atom is -0.265 e. The van der Waals surface area contributed by atoms with Crippen LogP contribution in [0.15, 0.2) is 119 Å². The smallest absolute Gasteiger partial charge is 0.160 e. The predicted octanol–water partition coefficient (Wildman–Crippen LogP) is 8.61. The Hall–Kier alpha value is -3.74. The number of aromatic nitrogens is 4. The van der Waals surface area contributed by atoms with Gasteiger partial charge < -0.3 is 0 Å². The predicted molar refractivity (Wildman–Crippen MR) is 152 cm³/mol. The molecule has 0 unspecified atom stereocenters. The second-order valence-electron chi connectivity index (χ2n) is 8.34. The van der Waals surface area contributed by atoms with Crippen LogP contribution in [0.2, 0.25) is 0 Å². The molecule has 3 aromatic heterocycles. The lowest BCUT2D eigenvalue weighted by Crippen LogP contribution is -1.96. The molecule has 0 bridgehead atoms. The molecule has 0 saturated carbocycles. The SMILES string of the molecule is Brc1cc(Br)cc(-c2cc(-c3ccc(-c4ccncc4)cc3)nc(-c3ccc4ncccc4c3)n2)c1. The van der Waals surface area contributed by atoms with Gasteiger partial charge in [0.2, 0.25) is 0 Å². The molecular formula is C30H18Br2N4. The van der Waals surface area contributed by atoms with Gasteiger partial charge in [0.1, 0.15) is 0 Å². The van der Waals surface area contributed by atoms with E-state index in [1.165, 1.54) is 0 Å². The fourth-order valence-electron chi connectivity index (χ4n) is 4.17. The lowest BCUT2D eigenvalue weighted by atomic mass is 10.0.